The monoisotopic (exact) mass is 502 g/mol. The van der Waals surface area contributed by atoms with Gasteiger partial charge in [-0.05, 0) is 36.4 Å². The Kier molecular flexibility index (Phi) is 6.93. The Balaban J connectivity index is 1.56. The number of carbonyl (C=O) groups excluding carboxylic acids is 4. The second-order valence-electron chi connectivity index (χ2n) is 7.70. The number of hydrogen-bond acceptors (Lipinski definition) is 6. The summed E-state index contributed by atoms with van der Waals surface area (Å²) in [6.07, 6.45) is 0. The van der Waals surface area contributed by atoms with Crippen molar-refractivity contribution < 1.29 is 23.9 Å². The first-order valence-electron chi connectivity index (χ1n) is 10.6. The van der Waals surface area contributed by atoms with Gasteiger partial charge in [-0.15, -0.1) is 0 Å². The maximum absolute atomic E-state index is 13.0. The van der Waals surface area contributed by atoms with Gasteiger partial charge in [0.25, 0.3) is 5.91 Å². The average molecular weight is 503 g/mol. The number of rotatable bonds is 7. The van der Waals surface area contributed by atoms with Crippen molar-refractivity contribution in [1.29, 1.82) is 0 Å². The van der Waals surface area contributed by atoms with Gasteiger partial charge in [-0.2, -0.15) is 0 Å². The molecule has 0 aliphatic carbocycles. The maximum atomic E-state index is 13.0. The van der Waals surface area contributed by atoms with E-state index in [0.717, 1.165) is 0 Å². The van der Waals surface area contributed by atoms with Crippen molar-refractivity contribution in [3.05, 3.63) is 94.5 Å². The number of nitrogens with zero attached hydrogens (tertiary/aromatic N) is 1. The molecule has 0 fully saturated rings. The summed E-state index contributed by atoms with van der Waals surface area (Å²) in [5, 5.41) is 3.47. The van der Waals surface area contributed by atoms with E-state index in [2.05, 4.69) is 10.3 Å². The number of pyridine rings is 1. The Morgan fingerprint density at radius 3 is 2.17 bits per heavy atom. The molecule has 0 saturated heterocycles. The molecule has 0 bridgehead atoms. The van der Waals surface area contributed by atoms with Crippen LogP contribution in [-0.4, -0.2) is 35.3 Å². The van der Waals surface area contributed by atoms with Crippen molar-refractivity contribution in [2.75, 3.05) is 11.9 Å². The van der Waals surface area contributed by atoms with Gasteiger partial charge in [-0.25, -0.2) is 9.78 Å². The van der Waals surface area contributed by atoms with Crippen LogP contribution in [0.5, 0.6) is 0 Å². The van der Waals surface area contributed by atoms with Gasteiger partial charge in [-0.1, -0.05) is 48.0 Å². The minimum Gasteiger partial charge on any atom is -0.452 e. The van der Waals surface area contributed by atoms with Crippen LogP contribution in [-0.2, 0) is 9.53 Å². The summed E-state index contributed by atoms with van der Waals surface area (Å²) in [5.74, 6) is -3.07. The molecule has 4 aromatic rings. The standard InChI is InChI=1S/C26H19ClN4O5/c27-20-7-3-1-6-18(20)22-12-19(17-5-2-4-8-21(17)31-22)26(35)36-13-23(32)30-16-10-14(24(28)33)9-15(11-16)25(29)34/h1-12H,13H2,(H2,28,33)(H2,29,34)(H,30,32). The Morgan fingerprint density at radius 1 is 0.861 bits per heavy atom. The molecule has 180 valence electrons. The van der Waals surface area contributed by atoms with Crippen LogP contribution in [0.25, 0.3) is 22.2 Å². The highest BCUT2D eigenvalue weighted by molar-refractivity contribution is 6.33. The van der Waals surface area contributed by atoms with Gasteiger partial charge in [0.1, 0.15) is 0 Å². The number of hydrogen-bond donors (Lipinski definition) is 3. The second-order valence-corrected chi connectivity index (χ2v) is 8.11. The van der Waals surface area contributed by atoms with E-state index in [9.17, 15) is 19.2 Å². The number of fused-ring (bicyclic) bond motifs is 1. The van der Waals surface area contributed by atoms with Crippen molar-refractivity contribution in [2.45, 2.75) is 0 Å². The zero-order valence-electron chi connectivity index (χ0n) is 18.7. The minimum atomic E-state index is -0.807. The van der Waals surface area contributed by atoms with E-state index in [-0.39, 0.29) is 22.4 Å². The van der Waals surface area contributed by atoms with E-state index in [1.807, 2.05) is 0 Å². The molecular formula is C26H19ClN4O5. The molecule has 0 spiro atoms. The molecule has 0 atom stereocenters. The van der Waals surface area contributed by atoms with E-state index in [1.54, 1.807) is 54.6 Å². The number of nitrogens with two attached hydrogens (primary N) is 2. The van der Waals surface area contributed by atoms with Crippen molar-refractivity contribution in [3.8, 4) is 11.3 Å². The van der Waals surface area contributed by atoms with Crippen molar-refractivity contribution in [1.82, 2.24) is 4.98 Å². The van der Waals surface area contributed by atoms with Gasteiger partial charge in [0.15, 0.2) is 6.61 Å². The Bertz CT molecular complexity index is 1500. The summed E-state index contributed by atoms with van der Waals surface area (Å²) >= 11 is 6.32. The highest BCUT2D eigenvalue weighted by atomic mass is 35.5. The highest BCUT2D eigenvalue weighted by Crippen LogP contribution is 2.30. The van der Waals surface area contributed by atoms with Gasteiger partial charge >= 0.3 is 5.97 Å². The number of nitrogens with one attached hydrogen (secondary N) is 1. The molecule has 36 heavy (non-hydrogen) atoms. The third-order valence-corrected chi connectivity index (χ3v) is 5.54. The Labute approximate surface area is 210 Å². The van der Waals surface area contributed by atoms with Gasteiger partial charge < -0.3 is 21.5 Å². The van der Waals surface area contributed by atoms with Crippen LogP contribution in [0.2, 0.25) is 5.02 Å². The number of amides is 3. The Morgan fingerprint density at radius 2 is 1.50 bits per heavy atom. The quantitative estimate of drug-likeness (QED) is 0.328. The van der Waals surface area contributed by atoms with Gasteiger partial charge in [-0.3, -0.25) is 14.4 Å². The SMILES string of the molecule is NC(=O)c1cc(NC(=O)COC(=O)c2cc(-c3ccccc3Cl)nc3ccccc23)cc(C(N)=O)c1. The van der Waals surface area contributed by atoms with Gasteiger partial charge in [0, 0.05) is 32.8 Å². The minimum absolute atomic E-state index is 0.0195. The van der Waals surface area contributed by atoms with Crippen molar-refractivity contribution in [3.63, 3.8) is 0 Å². The normalized spacial score (nSPS) is 10.6. The number of benzene rings is 3. The van der Waals surface area contributed by atoms with Gasteiger partial charge in [0.2, 0.25) is 11.8 Å². The first kappa shape index (κ1) is 24.4. The van der Waals surface area contributed by atoms with Crippen LogP contribution in [0, 0.1) is 0 Å². The van der Waals surface area contributed by atoms with Crippen molar-refractivity contribution in [2.24, 2.45) is 11.5 Å². The number of para-hydroxylation sites is 1. The lowest BCUT2D eigenvalue weighted by atomic mass is 10.0. The van der Waals surface area contributed by atoms with Crippen LogP contribution in [0.15, 0.2) is 72.8 Å². The fraction of sp³-hybridized carbons (Fsp3) is 0.0385. The average Bonchev–Trinajstić information content (AvgIpc) is 2.86. The van der Waals surface area contributed by atoms with E-state index < -0.39 is 30.3 Å². The topological polar surface area (TPSA) is 154 Å². The number of carbonyl (C=O) groups is 4. The largest absolute Gasteiger partial charge is 0.452 e. The van der Waals surface area contributed by atoms with E-state index in [4.69, 9.17) is 27.8 Å². The summed E-state index contributed by atoms with van der Waals surface area (Å²) in [6, 6.07) is 19.4. The van der Waals surface area contributed by atoms with Crippen LogP contribution in [0.1, 0.15) is 31.1 Å². The number of halogens is 1. The lowest BCUT2D eigenvalue weighted by Gasteiger charge is -2.12. The molecule has 10 heteroatoms. The molecule has 0 saturated carbocycles. The third-order valence-electron chi connectivity index (χ3n) is 5.21. The molecule has 4 rings (SSSR count). The molecule has 3 amide bonds. The molecule has 1 heterocycles. The van der Waals surface area contributed by atoms with E-state index in [1.165, 1.54) is 18.2 Å². The summed E-state index contributed by atoms with van der Waals surface area (Å²) in [6.45, 7) is -0.635. The highest BCUT2D eigenvalue weighted by Gasteiger charge is 2.18. The molecule has 0 aliphatic rings. The molecule has 9 nitrogen and oxygen atoms in total. The summed E-state index contributed by atoms with van der Waals surface area (Å²) in [4.78, 5) is 53.1. The zero-order chi connectivity index (χ0) is 25.8. The van der Waals surface area contributed by atoms with Gasteiger partial charge in [0.05, 0.1) is 16.8 Å². The van der Waals surface area contributed by atoms with Crippen LogP contribution < -0.4 is 16.8 Å². The second kappa shape index (κ2) is 10.2. The summed E-state index contributed by atoms with van der Waals surface area (Å²) in [5.41, 5.74) is 12.4. The fourth-order valence-electron chi connectivity index (χ4n) is 3.54. The predicted octanol–water partition coefficient (Wildman–Crippen LogP) is 3.55. The lowest BCUT2D eigenvalue weighted by Crippen LogP contribution is -2.22. The maximum Gasteiger partial charge on any atom is 0.339 e. The molecular weight excluding hydrogens is 484 g/mol. The molecule has 0 radical (unpaired) electrons. The smallest absolute Gasteiger partial charge is 0.339 e. The number of ether oxygens (including phenoxy) is 1. The molecule has 1 aromatic heterocycles. The van der Waals surface area contributed by atoms with Crippen LogP contribution >= 0.6 is 11.6 Å². The first-order chi connectivity index (χ1) is 17.2. The fourth-order valence-corrected chi connectivity index (χ4v) is 3.77. The molecule has 5 N–H and O–H groups in total. The number of anilines is 1. The van der Waals surface area contributed by atoms with E-state index >= 15 is 0 Å². The Hall–Kier alpha value is -4.76. The number of aromatic nitrogens is 1. The molecule has 3 aromatic carbocycles. The van der Waals surface area contributed by atoms with Crippen LogP contribution in [0.4, 0.5) is 5.69 Å². The predicted molar refractivity (Wildman–Crippen MR) is 135 cm³/mol. The first-order valence-corrected chi connectivity index (χ1v) is 11.0. The summed E-state index contributed by atoms with van der Waals surface area (Å²) < 4.78 is 5.25. The molecule has 0 aliphatic heterocycles. The third kappa shape index (κ3) is 5.31. The van der Waals surface area contributed by atoms with Crippen molar-refractivity contribution >= 4 is 51.9 Å². The summed E-state index contributed by atoms with van der Waals surface area (Å²) in [7, 11) is 0. The lowest BCUT2D eigenvalue weighted by molar-refractivity contribution is -0.119. The molecule has 0 unspecified atom stereocenters. The number of primary amides is 2. The zero-order valence-corrected chi connectivity index (χ0v) is 19.4. The van der Waals surface area contributed by atoms with E-state index in [0.29, 0.717) is 27.2 Å². The van der Waals surface area contributed by atoms with Crippen LogP contribution in [0.3, 0.4) is 0 Å². The number of esters is 1.